The smallest absolute Gasteiger partial charge is 0.410 e. The Morgan fingerprint density at radius 2 is 2.13 bits per heavy atom. The minimum Gasteiger partial charge on any atom is -0.444 e. The molecule has 3 rings (SSSR count). The van der Waals surface area contributed by atoms with Crippen molar-refractivity contribution in [2.75, 3.05) is 13.1 Å². The van der Waals surface area contributed by atoms with Gasteiger partial charge >= 0.3 is 6.09 Å². The van der Waals surface area contributed by atoms with Crippen molar-refractivity contribution in [2.24, 2.45) is 7.05 Å². The molecule has 23 heavy (non-hydrogen) atoms. The zero-order chi connectivity index (χ0) is 16.6. The van der Waals surface area contributed by atoms with Crippen molar-refractivity contribution in [3.63, 3.8) is 0 Å². The first-order chi connectivity index (χ1) is 10.8. The quantitative estimate of drug-likeness (QED) is 0.808. The Hall–Kier alpha value is -2.30. The third kappa shape index (κ3) is 3.23. The maximum atomic E-state index is 12.1. The summed E-state index contributed by atoms with van der Waals surface area (Å²) in [4.78, 5) is 18.3. The molecule has 5 heteroatoms. The van der Waals surface area contributed by atoms with Gasteiger partial charge in [0, 0.05) is 43.5 Å². The third-order valence-corrected chi connectivity index (χ3v) is 3.94. The van der Waals surface area contributed by atoms with Crippen LogP contribution in [-0.2, 0) is 11.8 Å². The van der Waals surface area contributed by atoms with Gasteiger partial charge in [0.25, 0.3) is 0 Å². The van der Waals surface area contributed by atoms with Crippen LogP contribution in [0, 0.1) is 0 Å². The van der Waals surface area contributed by atoms with Gasteiger partial charge in [-0.1, -0.05) is 6.08 Å². The lowest BCUT2D eigenvalue weighted by Crippen LogP contribution is -2.39. The molecule has 0 unspecified atom stereocenters. The fraction of sp³-hybridized carbons (Fsp3) is 0.444. The predicted molar refractivity (Wildman–Crippen MR) is 91.1 cm³/mol. The predicted octanol–water partition coefficient (Wildman–Crippen LogP) is 3.60. The summed E-state index contributed by atoms with van der Waals surface area (Å²) in [6.07, 6.45) is 6.63. The molecule has 5 nitrogen and oxygen atoms in total. The van der Waals surface area contributed by atoms with E-state index < -0.39 is 5.60 Å². The van der Waals surface area contributed by atoms with Crippen LogP contribution in [0.5, 0.6) is 0 Å². The number of aromatic nitrogens is 2. The van der Waals surface area contributed by atoms with Crippen molar-refractivity contribution in [1.82, 2.24) is 14.5 Å². The molecule has 0 saturated heterocycles. The van der Waals surface area contributed by atoms with Gasteiger partial charge in [0.2, 0.25) is 0 Å². The number of carbonyl (C=O) groups excluding carboxylic acids is 1. The summed E-state index contributed by atoms with van der Waals surface area (Å²) in [5.41, 5.74) is 3.00. The number of pyridine rings is 1. The van der Waals surface area contributed by atoms with Gasteiger partial charge in [-0.05, 0) is 44.9 Å². The van der Waals surface area contributed by atoms with Crippen LogP contribution in [0.1, 0.15) is 32.8 Å². The Balaban J connectivity index is 1.80. The average molecular weight is 313 g/mol. The molecule has 3 heterocycles. The lowest BCUT2D eigenvalue weighted by atomic mass is 10.00. The molecule has 2 aromatic rings. The Labute approximate surface area is 136 Å². The standard InChI is InChI=1S/C18H23N3O2/c1-18(2,3)23-17(22)21-10-7-13(8-11-21)15-12-20(4)16-14(15)6-5-9-19-16/h5-7,9,12H,8,10-11H2,1-4H3. The van der Waals surface area contributed by atoms with E-state index in [1.165, 1.54) is 11.1 Å². The van der Waals surface area contributed by atoms with Crippen LogP contribution < -0.4 is 0 Å². The summed E-state index contributed by atoms with van der Waals surface area (Å²) in [6.45, 7) is 6.93. The Morgan fingerprint density at radius 1 is 1.35 bits per heavy atom. The van der Waals surface area contributed by atoms with E-state index >= 15 is 0 Å². The fourth-order valence-electron chi connectivity index (χ4n) is 2.87. The number of hydrogen-bond donors (Lipinski definition) is 0. The van der Waals surface area contributed by atoms with E-state index in [1.807, 2.05) is 44.6 Å². The van der Waals surface area contributed by atoms with Gasteiger partial charge in [-0.15, -0.1) is 0 Å². The molecule has 1 aliphatic heterocycles. The number of ether oxygens (including phenoxy) is 1. The maximum Gasteiger partial charge on any atom is 0.410 e. The van der Waals surface area contributed by atoms with Crippen LogP contribution in [0.2, 0.25) is 0 Å². The number of aryl methyl sites for hydroxylation is 1. The molecular weight excluding hydrogens is 290 g/mol. The SMILES string of the molecule is Cn1cc(C2=CCN(C(=O)OC(C)(C)C)CC2)c2cccnc21. The maximum absolute atomic E-state index is 12.1. The van der Waals surface area contributed by atoms with Crippen molar-refractivity contribution in [2.45, 2.75) is 32.8 Å². The molecule has 0 spiro atoms. The average Bonchev–Trinajstić information content (AvgIpc) is 2.83. The normalized spacial score (nSPS) is 15.7. The molecule has 0 radical (unpaired) electrons. The minimum absolute atomic E-state index is 0.243. The van der Waals surface area contributed by atoms with Crippen molar-refractivity contribution in [1.29, 1.82) is 0 Å². The monoisotopic (exact) mass is 313 g/mol. The number of carbonyl (C=O) groups is 1. The zero-order valence-electron chi connectivity index (χ0n) is 14.2. The number of nitrogens with zero attached hydrogens (tertiary/aromatic N) is 3. The lowest BCUT2D eigenvalue weighted by molar-refractivity contribution is 0.0270. The first-order valence-electron chi connectivity index (χ1n) is 7.92. The summed E-state index contributed by atoms with van der Waals surface area (Å²) < 4.78 is 7.48. The van der Waals surface area contributed by atoms with E-state index in [0.717, 1.165) is 17.5 Å². The van der Waals surface area contributed by atoms with E-state index in [0.29, 0.717) is 13.1 Å². The highest BCUT2D eigenvalue weighted by Crippen LogP contribution is 2.29. The lowest BCUT2D eigenvalue weighted by Gasteiger charge is -2.29. The second-order valence-corrected chi connectivity index (χ2v) is 6.93. The van der Waals surface area contributed by atoms with Gasteiger partial charge in [0.1, 0.15) is 11.2 Å². The number of amides is 1. The van der Waals surface area contributed by atoms with Crippen molar-refractivity contribution >= 4 is 22.7 Å². The molecule has 0 aromatic carbocycles. The second-order valence-electron chi connectivity index (χ2n) is 6.93. The zero-order valence-corrected chi connectivity index (χ0v) is 14.2. The van der Waals surface area contributed by atoms with Crippen LogP contribution in [0.3, 0.4) is 0 Å². The Bertz CT molecular complexity index is 768. The molecule has 0 N–H and O–H groups in total. The number of fused-ring (bicyclic) bond motifs is 1. The van der Waals surface area contributed by atoms with E-state index in [4.69, 9.17) is 4.74 Å². The summed E-state index contributed by atoms with van der Waals surface area (Å²) in [7, 11) is 2.01. The van der Waals surface area contributed by atoms with Gasteiger partial charge in [0.15, 0.2) is 0 Å². The topological polar surface area (TPSA) is 47.4 Å². The van der Waals surface area contributed by atoms with Crippen molar-refractivity contribution in [3.05, 3.63) is 36.2 Å². The molecule has 0 saturated carbocycles. The molecule has 2 aromatic heterocycles. The number of hydrogen-bond acceptors (Lipinski definition) is 3. The highest BCUT2D eigenvalue weighted by molar-refractivity contribution is 5.91. The number of rotatable bonds is 1. The van der Waals surface area contributed by atoms with Gasteiger partial charge in [0.05, 0.1) is 0 Å². The molecule has 0 bridgehead atoms. The molecule has 0 fully saturated rings. The largest absolute Gasteiger partial charge is 0.444 e. The van der Waals surface area contributed by atoms with Crippen LogP contribution in [0.4, 0.5) is 4.79 Å². The molecular formula is C18H23N3O2. The Morgan fingerprint density at radius 3 is 2.78 bits per heavy atom. The molecule has 0 atom stereocenters. The van der Waals surface area contributed by atoms with Crippen molar-refractivity contribution in [3.8, 4) is 0 Å². The minimum atomic E-state index is -0.456. The highest BCUT2D eigenvalue weighted by Gasteiger charge is 2.24. The second kappa shape index (κ2) is 5.72. The first-order valence-corrected chi connectivity index (χ1v) is 7.92. The summed E-state index contributed by atoms with van der Waals surface area (Å²) in [5, 5.41) is 1.16. The van der Waals surface area contributed by atoms with Crippen LogP contribution in [0.15, 0.2) is 30.6 Å². The highest BCUT2D eigenvalue weighted by atomic mass is 16.6. The van der Waals surface area contributed by atoms with Gasteiger partial charge < -0.3 is 14.2 Å². The third-order valence-electron chi connectivity index (χ3n) is 3.94. The van der Waals surface area contributed by atoms with Crippen molar-refractivity contribution < 1.29 is 9.53 Å². The van der Waals surface area contributed by atoms with E-state index in [9.17, 15) is 4.79 Å². The van der Waals surface area contributed by atoms with Crippen LogP contribution in [0.25, 0.3) is 16.6 Å². The van der Waals surface area contributed by atoms with E-state index in [1.54, 1.807) is 4.90 Å². The van der Waals surface area contributed by atoms with Gasteiger partial charge in [-0.3, -0.25) is 0 Å². The Kier molecular flexibility index (Phi) is 3.88. The summed E-state index contributed by atoms with van der Waals surface area (Å²) in [5.74, 6) is 0. The molecule has 1 aliphatic rings. The van der Waals surface area contributed by atoms with Crippen LogP contribution in [-0.4, -0.2) is 39.2 Å². The molecule has 0 aliphatic carbocycles. The fourth-order valence-corrected chi connectivity index (χ4v) is 2.87. The summed E-state index contributed by atoms with van der Waals surface area (Å²) in [6, 6.07) is 4.06. The van der Waals surface area contributed by atoms with E-state index in [-0.39, 0.29) is 6.09 Å². The van der Waals surface area contributed by atoms with Crippen LogP contribution >= 0.6 is 0 Å². The molecule has 1 amide bonds. The van der Waals surface area contributed by atoms with Gasteiger partial charge in [-0.2, -0.15) is 0 Å². The van der Waals surface area contributed by atoms with E-state index in [2.05, 4.69) is 23.3 Å². The molecule has 122 valence electrons. The van der Waals surface area contributed by atoms with Gasteiger partial charge in [-0.25, -0.2) is 9.78 Å². The first kappa shape index (κ1) is 15.6. The summed E-state index contributed by atoms with van der Waals surface area (Å²) >= 11 is 0.